The largest absolute Gasteiger partial charge is 0.334 e. The lowest BCUT2D eigenvalue weighted by Gasteiger charge is -2.29. The van der Waals surface area contributed by atoms with Crippen LogP contribution >= 0.6 is 0 Å². The number of amides is 1. The number of aromatic nitrogens is 2. The van der Waals surface area contributed by atoms with Crippen molar-refractivity contribution < 1.29 is 4.79 Å². The fourth-order valence-electron chi connectivity index (χ4n) is 3.44. The van der Waals surface area contributed by atoms with Crippen molar-refractivity contribution in [3.05, 3.63) is 83.0 Å². The van der Waals surface area contributed by atoms with Gasteiger partial charge in [0.2, 0.25) is 0 Å². The number of carbonyl (C=O) groups is 1. The summed E-state index contributed by atoms with van der Waals surface area (Å²) in [7, 11) is 0. The zero-order valence-corrected chi connectivity index (χ0v) is 15.7. The first-order valence-electron chi connectivity index (χ1n) is 9.42. The molecule has 136 valence electrons. The zero-order valence-electron chi connectivity index (χ0n) is 15.7. The van der Waals surface area contributed by atoms with Crippen molar-refractivity contribution in [2.45, 2.75) is 32.7 Å². The Kier molecular flexibility index (Phi) is 4.71. The highest BCUT2D eigenvalue weighted by molar-refractivity contribution is 5.94. The Bertz CT molecular complexity index is 946. The van der Waals surface area contributed by atoms with Crippen LogP contribution in [-0.4, -0.2) is 27.5 Å². The molecule has 4 nitrogen and oxygen atoms in total. The highest BCUT2D eigenvalue weighted by Crippen LogP contribution is 2.22. The molecule has 27 heavy (non-hydrogen) atoms. The molecule has 1 aliphatic rings. The van der Waals surface area contributed by atoms with Crippen LogP contribution in [-0.2, 0) is 13.0 Å². The number of nitrogens with zero attached hydrogens (tertiary/aromatic N) is 3. The molecule has 0 saturated heterocycles. The van der Waals surface area contributed by atoms with Gasteiger partial charge in [-0.15, -0.1) is 0 Å². The minimum Gasteiger partial charge on any atom is -0.334 e. The van der Waals surface area contributed by atoms with E-state index in [1.54, 1.807) is 0 Å². The maximum atomic E-state index is 12.9. The number of carbonyl (C=O) groups excluding carboxylic acids is 1. The van der Waals surface area contributed by atoms with E-state index >= 15 is 0 Å². The van der Waals surface area contributed by atoms with E-state index in [2.05, 4.69) is 42.2 Å². The molecule has 0 spiro atoms. The molecular formula is C23H23N3O. The molecule has 0 aliphatic carbocycles. The summed E-state index contributed by atoms with van der Waals surface area (Å²) in [5, 5.41) is 8.60. The maximum absolute atomic E-state index is 12.9. The topological polar surface area (TPSA) is 46.1 Å². The molecule has 0 N–H and O–H groups in total. The summed E-state index contributed by atoms with van der Waals surface area (Å²) in [6, 6.07) is 20.0. The third-order valence-corrected chi connectivity index (χ3v) is 5.12. The van der Waals surface area contributed by atoms with Crippen molar-refractivity contribution in [2.75, 3.05) is 6.54 Å². The lowest BCUT2D eigenvalue weighted by molar-refractivity contribution is 0.0734. The summed E-state index contributed by atoms with van der Waals surface area (Å²) in [4.78, 5) is 14.8. The first kappa shape index (κ1) is 17.4. The number of rotatable bonds is 3. The smallest absolute Gasteiger partial charge is 0.254 e. The van der Waals surface area contributed by atoms with E-state index in [-0.39, 0.29) is 5.91 Å². The minimum absolute atomic E-state index is 0.0808. The van der Waals surface area contributed by atoms with Crippen molar-refractivity contribution >= 4 is 5.91 Å². The van der Waals surface area contributed by atoms with E-state index in [0.29, 0.717) is 18.0 Å². The van der Waals surface area contributed by atoms with Gasteiger partial charge in [-0.05, 0) is 47.7 Å². The predicted molar refractivity (Wildman–Crippen MR) is 106 cm³/mol. The van der Waals surface area contributed by atoms with E-state index in [1.807, 2.05) is 47.4 Å². The molecule has 0 radical (unpaired) electrons. The SMILES string of the molecule is CC(C)c1ccc(-c2ccc(C(=O)N3CCc4ccccc4C3)cc2)nn1. The monoisotopic (exact) mass is 357 g/mol. The quantitative estimate of drug-likeness (QED) is 0.695. The Labute approximate surface area is 159 Å². The fraction of sp³-hybridized carbons (Fsp3) is 0.261. The molecule has 0 fully saturated rings. The molecule has 2 heterocycles. The van der Waals surface area contributed by atoms with Gasteiger partial charge in [-0.25, -0.2) is 0 Å². The second kappa shape index (κ2) is 7.31. The Morgan fingerprint density at radius 2 is 1.67 bits per heavy atom. The molecule has 1 aromatic heterocycles. The standard InChI is InChI=1S/C23H23N3O/c1-16(2)21-11-12-22(25-24-21)18-7-9-19(10-8-18)23(27)26-14-13-17-5-3-4-6-20(17)15-26/h3-12,16H,13-15H2,1-2H3. The zero-order chi connectivity index (χ0) is 18.8. The van der Waals surface area contributed by atoms with Crippen molar-refractivity contribution in [3.8, 4) is 11.3 Å². The van der Waals surface area contributed by atoms with Crippen LogP contribution in [0.1, 0.15) is 46.9 Å². The van der Waals surface area contributed by atoms with Crippen molar-refractivity contribution in [2.24, 2.45) is 0 Å². The molecule has 0 bridgehead atoms. The Morgan fingerprint density at radius 1 is 0.926 bits per heavy atom. The van der Waals surface area contributed by atoms with Gasteiger partial charge in [-0.3, -0.25) is 4.79 Å². The minimum atomic E-state index is 0.0808. The van der Waals surface area contributed by atoms with E-state index in [9.17, 15) is 4.79 Å². The summed E-state index contributed by atoms with van der Waals surface area (Å²) in [5.41, 5.74) is 6.08. The Balaban J connectivity index is 1.50. The fourth-order valence-corrected chi connectivity index (χ4v) is 3.44. The van der Waals surface area contributed by atoms with Crippen molar-refractivity contribution in [1.29, 1.82) is 0 Å². The summed E-state index contributed by atoms with van der Waals surface area (Å²) in [5.74, 6) is 0.443. The third-order valence-electron chi connectivity index (χ3n) is 5.12. The van der Waals surface area contributed by atoms with E-state index < -0.39 is 0 Å². The van der Waals surface area contributed by atoms with Gasteiger partial charge in [0.25, 0.3) is 5.91 Å². The second-order valence-electron chi connectivity index (χ2n) is 7.32. The molecule has 0 saturated carbocycles. The summed E-state index contributed by atoms with van der Waals surface area (Å²) in [6.45, 7) is 5.64. The highest BCUT2D eigenvalue weighted by atomic mass is 16.2. The van der Waals surface area contributed by atoms with Crippen LogP contribution in [0.15, 0.2) is 60.7 Å². The normalized spacial score (nSPS) is 13.5. The lowest BCUT2D eigenvalue weighted by Crippen LogP contribution is -2.35. The van der Waals surface area contributed by atoms with Crippen molar-refractivity contribution in [1.82, 2.24) is 15.1 Å². The number of hydrogen-bond acceptors (Lipinski definition) is 3. The number of fused-ring (bicyclic) bond motifs is 1. The van der Waals surface area contributed by atoms with Gasteiger partial charge >= 0.3 is 0 Å². The average molecular weight is 357 g/mol. The van der Waals surface area contributed by atoms with E-state index in [4.69, 9.17) is 0 Å². The second-order valence-corrected chi connectivity index (χ2v) is 7.32. The van der Waals surface area contributed by atoms with Gasteiger partial charge in [0.05, 0.1) is 11.4 Å². The maximum Gasteiger partial charge on any atom is 0.254 e. The van der Waals surface area contributed by atoms with Crippen LogP contribution in [0.3, 0.4) is 0 Å². The van der Waals surface area contributed by atoms with Gasteiger partial charge in [0.1, 0.15) is 0 Å². The Hall–Kier alpha value is -3.01. The van der Waals surface area contributed by atoms with Crippen LogP contribution < -0.4 is 0 Å². The van der Waals surface area contributed by atoms with Gasteiger partial charge < -0.3 is 4.90 Å². The van der Waals surface area contributed by atoms with Gasteiger partial charge in [-0.2, -0.15) is 10.2 Å². The number of benzene rings is 2. The third kappa shape index (κ3) is 3.61. The van der Waals surface area contributed by atoms with Gasteiger partial charge in [-0.1, -0.05) is 50.2 Å². The Morgan fingerprint density at radius 3 is 2.33 bits per heavy atom. The molecule has 1 amide bonds. The van der Waals surface area contributed by atoms with Crippen molar-refractivity contribution in [3.63, 3.8) is 0 Å². The van der Waals surface area contributed by atoms with Gasteiger partial charge in [0.15, 0.2) is 0 Å². The van der Waals surface area contributed by atoms with Crippen LogP contribution in [0.25, 0.3) is 11.3 Å². The van der Waals surface area contributed by atoms with Gasteiger partial charge in [0, 0.05) is 24.2 Å². The number of hydrogen-bond donors (Lipinski definition) is 0. The molecule has 1 aliphatic heterocycles. The predicted octanol–water partition coefficient (Wildman–Crippen LogP) is 4.47. The molecule has 3 aromatic rings. The van der Waals surface area contributed by atoms with E-state index in [1.165, 1.54) is 11.1 Å². The molecular weight excluding hydrogens is 334 g/mol. The van der Waals surface area contributed by atoms with Crippen LogP contribution in [0.5, 0.6) is 0 Å². The molecule has 0 unspecified atom stereocenters. The molecule has 4 heteroatoms. The molecule has 0 atom stereocenters. The van der Waals surface area contributed by atoms with Crippen LogP contribution in [0.4, 0.5) is 0 Å². The first-order valence-corrected chi connectivity index (χ1v) is 9.42. The highest BCUT2D eigenvalue weighted by Gasteiger charge is 2.21. The molecule has 4 rings (SSSR count). The first-order chi connectivity index (χ1) is 13.1. The van der Waals surface area contributed by atoms with Crippen LogP contribution in [0, 0.1) is 0 Å². The van der Waals surface area contributed by atoms with Crippen LogP contribution in [0.2, 0.25) is 0 Å². The summed E-state index contributed by atoms with van der Waals surface area (Å²) < 4.78 is 0. The average Bonchev–Trinajstić information content (AvgIpc) is 2.73. The summed E-state index contributed by atoms with van der Waals surface area (Å²) >= 11 is 0. The lowest BCUT2D eigenvalue weighted by atomic mass is 9.99. The summed E-state index contributed by atoms with van der Waals surface area (Å²) in [6.07, 6.45) is 0.914. The van der Waals surface area contributed by atoms with E-state index in [0.717, 1.165) is 29.9 Å². The molecule has 2 aromatic carbocycles.